The van der Waals surface area contributed by atoms with Gasteiger partial charge in [0.1, 0.15) is 12.4 Å². The van der Waals surface area contributed by atoms with Gasteiger partial charge in [-0.2, -0.15) is 0 Å². The molecule has 0 spiro atoms. The molecule has 0 amide bonds. The van der Waals surface area contributed by atoms with Crippen LogP contribution in [0.1, 0.15) is 31.7 Å². The first-order chi connectivity index (χ1) is 13.2. The van der Waals surface area contributed by atoms with Crippen molar-refractivity contribution in [2.45, 2.75) is 32.2 Å². The van der Waals surface area contributed by atoms with E-state index in [9.17, 15) is 0 Å². The molecule has 6 nitrogen and oxygen atoms in total. The van der Waals surface area contributed by atoms with Crippen LogP contribution in [0.2, 0.25) is 0 Å². The number of ether oxygens (including phenoxy) is 2. The fraction of sp³-hybridized carbons (Fsp3) is 0.667. The van der Waals surface area contributed by atoms with Crippen LogP contribution in [0.25, 0.3) is 0 Å². The Hall–Kier alpha value is -1.79. The maximum absolute atomic E-state index is 5.86. The van der Waals surface area contributed by atoms with Crippen molar-refractivity contribution in [1.29, 1.82) is 0 Å². The quantitative estimate of drug-likeness (QED) is 0.470. The summed E-state index contributed by atoms with van der Waals surface area (Å²) in [6, 6.07) is 9.00. The molecule has 2 heterocycles. The molecule has 2 saturated heterocycles. The van der Waals surface area contributed by atoms with Gasteiger partial charge < -0.3 is 19.7 Å². The van der Waals surface area contributed by atoms with Crippen LogP contribution in [-0.2, 0) is 4.74 Å². The lowest BCUT2D eigenvalue weighted by molar-refractivity contribution is 0.0195. The van der Waals surface area contributed by atoms with Crippen LogP contribution in [-0.4, -0.2) is 81.4 Å². The molecule has 1 aromatic rings. The van der Waals surface area contributed by atoms with Crippen LogP contribution in [0.5, 0.6) is 5.75 Å². The van der Waals surface area contributed by atoms with Crippen molar-refractivity contribution >= 4 is 5.96 Å². The van der Waals surface area contributed by atoms with Crippen molar-refractivity contribution in [1.82, 2.24) is 15.1 Å². The Kier molecular flexibility index (Phi) is 7.35. The summed E-state index contributed by atoms with van der Waals surface area (Å²) in [4.78, 5) is 9.37. The lowest BCUT2D eigenvalue weighted by atomic mass is 10.0. The van der Waals surface area contributed by atoms with Crippen molar-refractivity contribution in [3.8, 4) is 5.75 Å². The molecule has 27 heavy (non-hydrogen) atoms. The number of benzene rings is 1. The predicted octanol–water partition coefficient (Wildman–Crippen LogP) is 2.17. The summed E-state index contributed by atoms with van der Waals surface area (Å²) >= 11 is 0. The predicted molar refractivity (Wildman–Crippen MR) is 110 cm³/mol. The summed E-state index contributed by atoms with van der Waals surface area (Å²) in [7, 11) is 1.86. The number of rotatable bonds is 6. The standard InChI is InChI=1S/C21H34N4O2/c1-17(2)18-4-6-20(7-5-18)27-13-9-23-21(22-3)25-10-8-19(16-25)24-11-14-26-15-12-24/h4-7,17,19H,8-16H2,1-3H3,(H,22,23). The molecular weight excluding hydrogens is 340 g/mol. The van der Waals surface area contributed by atoms with Crippen molar-refractivity contribution < 1.29 is 9.47 Å². The van der Waals surface area contributed by atoms with E-state index in [0.29, 0.717) is 18.6 Å². The molecule has 1 atom stereocenters. The molecule has 6 heteroatoms. The molecule has 150 valence electrons. The molecule has 2 aliphatic rings. The first-order valence-corrected chi connectivity index (χ1v) is 10.2. The number of guanidine groups is 1. The minimum absolute atomic E-state index is 0.547. The van der Waals surface area contributed by atoms with Crippen LogP contribution < -0.4 is 10.1 Å². The lowest BCUT2D eigenvalue weighted by Gasteiger charge is -2.32. The van der Waals surface area contributed by atoms with Crippen LogP contribution >= 0.6 is 0 Å². The second-order valence-electron chi connectivity index (χ2n) is 7.58. The normalized spacial score (nSPS) is 21.7. The van der Waals surface area contributed by atoms with Gasteiger partial charge in [-0.1, -0.05) is 26.0 Å². The number of nitrogens with one attached hydrogen (secondary N) is 1. The van der Waals surface area contributed by atoms with E-state index in [1.807, 2.05) is 7.05 Å². The van der Waals surface area contributed by atoms with Crippen molar-refractivity contribution in [2.24, 2.45) is 4.99 Å². The number of likely N-dealkylation sites (tertiary alicyclic amines) is 1. The molecule has 0 bridgehead atoms. The van der Waals surface area contributed by atoms with Crippen LogP contribution in [0.3, 0.4) is 0 Å². The van der Waals surface area contributed by atoms with E-state index in [-0.39, 0.29) is 0 Å². The molecule has 1 unspecified atom stereocenters. The van der Waals surface area contributed by atoms with E-state index in [1.165, 1.54) is 12.0 Å². The molecule has 0 saturated carbocycles. The van der Waals surface area contributed by atoms with E-state index in [1.54, 1.807) is 0 Å². The van der Waals surface area contributed by atoms with Gasteiger partial charge >= 0.3 is 0 Å². The minimum atomic E-state index is 0.547. The maximum Gasteiger partial charge on any atom is 0.193 e. The molecule has 3 rings (SSSR count). The Morgan fingerprint density at radius 3 is 2.63 bits per heavy atom. The largest absolute Gasteiger partial charge is 0.492 e. The zero-order valence-corrected chi connectivity index (χ0v) is 17.0. The molecule has 0 aliphatic carbocycles. The molecular formula is C21H34N4O2. The molecule has 1 aromatic carbocycles. The average Bonchev–Trinajstić information content (AvgIpc) is 3.19. The van der Waals surface area contributed by atoms with Gasteiger partial charge in [-0.3, -0.25) is 9.89 Å². The molecule has 0 aromatic heterocycles. The number of hydrogen-bond acceptors (Lipinski definition) is 4. The summed E-state index contributed by atoms with van der Waals surface area (Å²) in [5.74, 6) is 2.44. The van der Waals surface area contributed by atoms with Crippen LogP contribution in [0, 0.1) is 0 Å². The van der Waals surface area contributed by atoms with Crippen molar-refractivity contribution in [2.75, 3.05) is 59.6 Å². The third kappa shape index (κ3) is 5.59. The highest BCUT2D eigenvalue weighted by Crippen LogP contribution is 2.19. The highest BCUT2D eigenvalue weighted by atomic mass is 16.5. The van der Waals surface area contributed by atoms with E-state index >= 15 is 0 Å². The summed E-state index contributed by atoms with van der Waals surface area (Å²) in [6.45, 7) is 11.7. The SMILES string of the molecule is CN=C(NCCOc1ccc(C(C)C)cc1)N1CCC(N2CCOCC2)C1. The van der Waals surface area contributed by atoms with Crippen LogP contribution in [0.15, 0.2) is 29.3 Å². The molecule has 2 fully saturated rings. The number of morpholine rings is 1. The average molecular weight is 375 g/mol. The van der Waals surface area contributed by atoms with E-state index in [2.05, 4.69) is 58.2 Å². The number of nitrogens with zero attached hydrogens (tertiary/aromatic N) is 3. The van der Waals surface area contributed by atoms with Gasteiger partial charge in [0, 0.05) is 39.3 Å². The van der Waals surface area contributed by atoms with Crippen molar-refractivity contribution in [3.05, 3.63) is 29.8 Å². The fourth-order valence-corrected chi connectivity index (χ4v) is 3.79. The second kappa shape index (κ2) is 9.95. The first-order valence-electron chi connectivity index (χ1n) is 10.2. The second-order valence-corrected chi connectivity index (χ2v) is 7.58. The van der Waals surface area contributed by atoms with Gasteiger partial charge in [-0.05, 0) is 30.0 Å². The highest BCUT2D eigenvalue weighted by Gasteiger charge is 2.30. The third-order valence-corrected chi connectivity index (χ3v) is 5.44. The Morgan fingerprint density at radius 1 is 1.22 bits per heavy atom. The Morgan fingerprint density at radius 2 is 1.96 bits per heavy atom. The van der Waals surface area contributed by atoms with Gasteiger partial charge in [0.2, 0.25) is 0 Å². The topological polar surface area (TPSA) is 49.3 Å². The summed E-state index contributed by atoms with van der Waals surface area (Å²) < 4.78 is 11.3. The molecule has 1 N–H and O–H groups in total. The zero-order valence-electron chi connectivity index (χ0n) is 17.0. The van der Waals surface area contributed by atoms with Gasteiger partial charge in [0.25, 0.3) is 0 Å². The Balaban J connectivity index is 1.39. The number of aliphatic imine (C=N–C) groups is 1. The molecule has 2 aliphatic heterocycles. The Labute approximate surface area is 163 Å². The van der Waals surface area contributed by atoms with E-state index in [0.717, 1.165) is 57.6 Å². The molecule has 0 radical (unpaired) electrons. The van der Waals surface area contributed by atoms with Gasteiger partial charge in [0.15, 0.2) is 5.96 Å². The van der Waals surface area contributed by atoms with E-state index in [4.69, 9.17) is 9.47 Å². The smallest absolute Gasteiger partial charge is 0.193 e. The Bertz CT molecular complexity index is 597. The van der Waals surface area contributed by atoms with Crippen molar-refractivity contribution in [3.63, 3.8) is 0 Å². The maximum atomic E-state index is 5.86. The summed E-state index contributed by atoms with van der Waals surface area (Å²) in [6.07, 6.45) is 1.19. The number of hydrogen-bond donors (Lipinski definition) is 1. The highest BCUT2D eigenvalue weighted by molar-refractivity contribution is 5.80. The zero-order chi connectivity index (χ0) is 19.1. The van der Waals surface area contributed by atoms with Crippen LogP contribution in [0.4, 0.5) is 0 Å². The monoisotopic (exact) mass is 374 g/mol. The van der Waals surface area contributed by atoms with E-state index < -0.39 is 0 Å². The van der Waals surface area contributed by atoms with Gasteiger partial charge in [-0.15, -0.1) is 0 Å². The van der Waals surface area contributed by atoms with Gasteiger partial charge in [-0.25, -0.2) is 0 Å². The lowest BCUT2D eigenvalue weighted by Crippen LogP contribution is -2.47. The first kappa shape index (κ1) is 20.0. The fourth-order valence-electron chi connectivity index (χ4n) is 3.79. The summed E-state index contributed by atoms with van der Waals surface area (Å²) in [5, 5.41) is 3.44. The third-order valence-electron chi connectivity index (χ3n) is 5.44. The minimum Gasteiger partial charge on any atom is -0.492 e. The summed E-state index contributed by atoms with van der Waals surface area (Å²) in [5.41, 5.74) is 1.34. The van der Waals surface area contributed by atoms with Gasteiger partial charge in [0.05, 0.1) is 19.8 Å².